The fourth-order valence-electron chi connectivity index (χ4n) is 7.52. The van der Waals surface area contributed by atoms with Crippen molar-refractivity contribution in [3.05, 3.63) is 51.6 Å². The molecule has 2 aliphatic heterocycles. The molecule has 5 N–H and O–H groups in total. The van der Waals surface area contributed by atoms with Crippen LogP contribution in [-0.4, -0.2) is 132 Å². The van der Waals surface area contributed by atoms with Gasteiger partial charge in [-0.25, -0.2) is 0 Å². The van der Waals surface area contributed by atoms with Gasteiger partial charge in [0.05, 0.1) is 49.3 Å². The second-order valence-corrected chi connectivity index (χ2v) is 14.1. The molecule has 0 saturated carbocycles. The summed E-state index contributed by atoms with van der Waals surface area (Å²) < 4.78 is 23.7. The molecule has 0 bridgehead atoms. The Kier molecular flexibility index (Phi) is 10.2. The van der Waals surface area contributed by atoms with Crippen LogP contribution < -0.4 is 15.4 Å². The Morgan fingerprint density at radius 3 is 2.49 bits per heavy atom. The van der Waals surface area contributed by atoms with Crippen molar-refractivity contribution < 1.29 is 53.4 Å². The van der Waals surface area contributed by atoms with Gasteiger partial charge in [-0.3, -0.25) is 24.5 Å². The molecule has 51 heavy (non-hydrogen) atoms. The first-order valence-electron chi connectivity index (χ1n) is 17.1. The van der Waals surface area contributed by atoms with Gasteiger partial charge in [0.1, 0.15) is 29.0 Å². The van der Waals surface area contributed by atoms with Crippen LogP contribution in [0.2, 0.25) is 0 Å². The van der Waals surface area contributed by atoms with Crippen LogP contribution in [0.4, 0.5) is 0 Å². The lowest BCUT2D eigenvalue weighted by atomic mass is 9.72. The number of rotatable bonds is 10. The minimum atomic E-state index is -2.19. The molecule has 15 heteroatoms. The van der Waals surface area contributed by atoms with E-state index in [9.17, 15) is 34.5 Å². The largest absolute Gasteiger partial charge is 0.507 e. The Morgan fingerprint density at radius 2 is 1.78 bits per heavy atom. The fourth-order valence-corrected chi connectivity index (χ4v) is 7.52. The van der Waals surface area contributed by atoms with Gasteiger partial charge in [-0.05, 0) is 13.0 Å². The van der Waals surface area contributed by atoms with E-state index in [1.54, 1.807) is 7.05 Å². The van der Waals surface area contributed by atoms with Gasteiger partial charge in [-0.2, -0.15) is 0 Å². The van der Waals surface area contributed by atoms with Crippen LogP contribution >= 0.6 is 0 Å². The third-order valence-electron chi connectivity index (χ3n) is 10.3. The number of amides is 2. The van der Waals surface area contributed by atoms with Gasteiger partial charge in [0.25, 0.3) is 5.91 Å². The molecule has 6 atom stereocenters. The molecule has 2 saturated heterocycles. The maximum Gasteiger partial charge on any atom is 0.254 e. The van der Waals surface area contributed by atoms with Crippen molar-refractivity contribution in [3.63, 3.8) is 0 Å². The van der Waals surface area contributed by atoms with E-state index in [1.807, 2.05) is 20.8 Å². The molecule has 2 fully saturated rings. The summed E-state index contributed by atoms with van der Waals surface area (Å²) in [5, 5.41) is 42.1. The Labute approximate surface area is 295 Å². The highest BCUT2D eigenvalue weighted by Crippen LogP contribution is 2.52. The number of nitrogens with zero attached hydrogens (tertiary/aromatic N) is 2. The molecule has 4 unspecified atom stereocenters. The normalized spacial score (nSPS) is 26.6. The van der Waals surface area contributed by atoms with Gasteiger partial charge < -0.3 is 49.4 Å². The van der Waals surface area contributed by atoms with Crippen molar-refractivity contribution >= 4 is 23.4 Å². The Hall–Kier alpha value is -4.12. The van der Waals surface area contributed by atoms with E-state index in [1.165, 1.54) is 42.2 Å². The van der Waals surface area contributed by atoms with Crippen molar-refractivity contribution in [1.29, 1.82) is 0 Å². The predicted molar refractivity (Wildman–Crippen MR) is 181 cm³/mol. The number of methoxy groups -OCH3 is 1. The summed E-state index contributed by atoms with van der Waals surface area (Å²) in [6.45, 7) is 6.40. The summed E-state index contributed by atoms with van der Waals surface area (Å²) in [6, 6.07) is 4.48. The number of hydrogen-bond acceptors (Lipinski definition) is 13. The first-order valence-corrected chi connectivity index (χ1v) is 17.1. The number of phenols is 2. The summed E-state index contributed by atoms with van der Waals surface area (Å²) in [7, 11) is 4.46. The van der Waals surface area contributed by atoms with E-state index >= 15 is 0 Å². The van der Waals surface area contributed by atoms with Crippen molar-refractivity contribution in [1.82, 2.24) is 20.4 Å². The molecule has 2 aromatic rings. The van der Waals surface area contributed by atoms with Gasteiger partial charge in [0.2, 0.25) is 11.7 Å². The third-order valence-corrected chi connectivity index (χ3v) is 10.3. The fraction of sp³-hybridized carbons (Fsp3) is 0.556. The number of ether oxygens (including phenoxy) is 4. The molecule has 6 rings (SSSR count). The zero-order chi connectivity index (χ0) is 36.9. The third kappa shape index (κ3) is 6.58. The number of hydrogen-bond donors (Lipinski definition) is 5. The lowest BCUT2D eigenvalue weighted by molar-refractivity contribution is -0.244. The molecular weight excluding hydrogens is 664 g/mol. The van der Waals surface area contributed by atoms with E-state index < -0.39 is 64.5 Å². The highest BCUT2D eigenvalue weighted by molar-refractivity contribution is 6.31. The standard InChI is InChI=1S/C36H46N4O11/c1-17(2)37-15-24(41)39(4)10-11-40(5)35(46)36(47)13-20-27(23(14-36)51-25-12-21-34(18(3)50-25)49-16-38-21)33(45)29-28(31(20)43)30(42)19-8-7-9-22(48-6)26(19)32(29)44/h7-9,17-18,21,23,25,34,37-38,43,45,47H,10-16H2,1-6H3/t18?,21?,23-,25?,34?,36-/m0/s1. The SMILES string of the molecule is COc1cccc2c1C(=O)c1c(O)c3c(c(O)c1C2=O)C[C@@](O)(C(=O)N(C)CCN(C)C(=O)CNC(C)C)C[C@@H]3OC1CC2NCOC2C(C)O1. The van der Waals surface area contributed by atoms with Crippen LogP contribution in [0.3, 0.4) is 0 Å². The van der Waals surface area contributed by atoms with E-state index in [-0.39, 0.29) is 84.3 Å². The number of carbonyl (C=O) groups is 4. The molecule has 2 amide bonds. The number of aromatic hydroxyl groups is 2. The van der Waals surface area contributed by atoms with Crippen molar-refractivity contribution in [2.75, 3.05) is 47.6 Å². The molecule has 2 heterocycles. The summed E-state index contributed by atoms with van der Waals surface area (Å²) in [4.78, 5) is 57.3. The lowest BCUT2D eigenvalue weighted by Gasteiger charge is -2.43. The number of fused-ring (bicyclic) bond motifs is 4. The second kappa shape index (κ2) is 14.1. The number of likely N-dealkylation sites (N-methyl/N-ethyl adjacent to an activating group) is 2. The Morgan fingerprint density at radius 1 is 1.08 bits per heavy atom. The van der Waals surface area contributed by atoms with Crippen LogP contribution in [0.1, 0.15) is 82.7 Å². The average Bonchev–Trinajstić information content (AvgIpc) is 3.58. The highest BCUT2D eigenvalue weighted by atomic mass is 16.7. The van der Waals surface area contributed by atoms with Crippen molar-refractivity contribution in [2.45, 2.75) is 82.3 Å². The highest BCUT2D eigenvalue weighted by Gasteiger charge is 2.51. The molecule has 15 nitrogen and oxygen atoms in total. The molecule has 276 valence electrons. The summed E-state index contributed by atoms with van der Waals surface area (Å²) in [5.74, 6) is -3.47. The molecule has 0 aromatic heterocycles. The number of phenolic OH excluding ortho intramolecular Hbond substituents is 2. The smallest absolute Gasteiger partial charge is 0.254 e. The van der Waals surface area contributed by atoms with Crippen LogP contribution in [0.15, 0.2) is 18.2 Å². The monoisotopic (exact) mass is 710 g/mol. The van der Waals surface area contributed by atoms with Gasteiger partial charge >= 0.3 is 0 Å². The number of benzene rings is 2. The number of ketones is 2. The maximum atomic E-state index is 14.1. The topological polar surface area (TPSA) is 196 Å². The zero-order valence-corrected chi connectivity index (χ0v) is 29.6. The molecule has 4 aliphatic rings. The summed E-state index contributed by atoms with van der Waals surface area (Å²) in [5.41, 5.74) is -3.25. The number of nitrogens with one attached hydrogen (secondary N) is 2. The summed E-state index contributed by atoms with van der Waals surface area (Å²) in [6.07, 6.45) is -3.31. The number of aliphatic hydroxyl groups is 1. The van der Waals surface area contributed by atoms with Gasteiger partial charge in [0, 0.05) is 75.2 Å². The van der Waals surface area contributed by atoms with Crippen molar-refractivity contribution in [3.8, 4) is 17.2 Å². The number of carbonyl (C=O) groups excluding carboxylic acids is 4. The first-order chi connectivity index (χ1) is 24.2. The summed E-state index contributed by atoms with van der Waals surface area (Å²) >= 11 is 0. The van der Waals surface area contributed by atoms with Crippen LogP contribution in [0.5, 0.6) is 17.2 Å². The van der Waals surface area contributed by atoms with Gasteiger partial charge in [0.15, 0.2) is 12.1 Å². The molecule has 2 aliphatic carbocycles. The van der Waals surface area contributed by atoms with Crippen LogP contribution in [0, 0.1) is 0 Å². The van der Waals surface area contributed by atoms with E-state index in [0.29, 0.717) is 13.2 Å². The molecule has 0 radical (unpaired) electrons. The second-order valence-electron chi connectivity index (χ2n) is 14.1. The minimum Gasteiger partial charge on any atom is -0.507 e. The zero-order valence-electron chi connectivity index (χ0n) is 29.6. The Balaban J connectivity index is 1.36. The van der Waals surface area contributed by atoms with E-state index in [2.05, 4.69) is 10.6 Å². The van der Waals surface area contributed by atoms with E-state index in [4.69, 9.17) is 18.9 Å². The maximum absolute atomic E-state index is 14.1. The first kappa shape index (κ1) is 36.7. The predicted octanol–water partition coefficient (Wildman–Crippen LogP) is 0.981. The van der Waals surface area contributed by atoms with Crippen molar-refractivity contribution in [2.24, 2.45) is 0 Å². The van der Waals surface area contributed by atoms with Crippen LogP contribution in [-0.2, 0) is 30.2 Å². The minimum absolute atomic E-state index is 0.0242. The molecular formula is C36H46N4O11. The van der Waals surface area contributed by atoms with Gasteiger partial charge in [-0.1, -0.05) is 26.0 Å². The molecule has 2 aromatic carbocycles. The van der Waals surface area contributed by atoms with E-state index in [0.717, 1.165) is 0 Å². The molecule has 0 spiro atoms. The Bertz CT molecular complexity index is 1750. The lowest BCUT2D eigenvalue weighted by Crippen LogP contribution is -2.54. The average molecular weight is 711 g/mol. The van der Waals surface area contributed by atoms with Crippen LogP contribution in [0.25, 0.3) is 0 Å². The quantitative estimate of drug-likeness (QED) is 0.187. The van der Waals surface area contributed by atoms with Gasteiger partial charge in [-0.15, -0.1) is 0 Å².